The van der Waals surface area contributed by atoms with Crippen molar-refractivity contribution in [1.82, 2.24) is 0 Å². The van der Waals surface area contributed by atoms with Gasteiger partial charge in [0.1, 0.15) is 6.42 Å². The third-order valence-electron chi connectivity index (χ3n) is 5.56. The zero-order valence-corrected chi connectivity index (χ0v) is 19.8. The van der Waals surface area contributed by atoms with E-state index in [1.165, 1.54) is 6.92 Å². The molecule has 0 aromatic rings. The Hall–Kier alpha value is -1.68. The molecule has 0 spiro atoms. The van der Waals surface area contributed by atoms with E-state index in [4.69, 9.17) is 10.2 Å². The molecule has 172 valence electrons. The van der Waals surface area contributed by atoms with Crippen molar-refractivity contribution in [1.29, 1.82) is 0 Å². The van der Waals surface area contributed by atoms with Gasteiger partial charge in [0.25, 0.3) is 0 Å². The number of aliphatic imine (C=N–C) groups is 1. The van der Waals surface area contributed by atoms with E-state index in [0.29, 0.717) is 19.0 Å². The Morgan fingerprint density at radius 3 is 2.17 bits per heavy atom. The standard InChI is InChI=1S/C20H33F3N2O4Si/c1-8-28-16(27)9-15(26)14(12-24)17(20(21,22)23)25-13-10-19(5,11-13)29-30(6,7)18(2,3)4/h12-13H,8-11,24H2,1-7H3. The molecular weight excluding hydrogens is 417 g/mol. The van der Waals surface area contributed by atoms with Crippen LogP contribution in [0.3, 0.4) is 0 Å². The zero-order valence-electron chi connectivity index (χ0n) is 18.8. The molecule has 0 saturated heterocycles. The zero-order chi connectivity index (χ0) is 23.5. The molecule has 30 heavy (non-hydrogen) atoms. The minimum atomic E-state index is -4.89. The van der Waals surface area contributed by atoms with E-state index in [1.807, 2.05) is 6.92 Å². The Bertz CT molecular complexity index is 719. The lowest BCUT2D eigenvalue weighted by atomic mass is 9.77. The summed E-state index contributed by atoms with van der Waals surface area (Å²) in [5, 5.41) is -0.0313. The van der Waals surface area contributed by atoms with Gasteiger partial charge in [-0.25, -0.2) is 0 Å². The van der Waals surface area contributed by atoms with Gasteiger partial charge in [0.05, 0.1) is 23.8 Å². The third-order valence-corrected chi connectivity index (χ3v) is 10.2. The van der Waals surface area contributed by atoms with E-state index < -0.39 is 55.6 Å². The Balaban J connectivity index is 3.02. The number of carbonyl (C=O) groups is 2. The molecule has 1 rings (SSSR count). The number of nitrogens with two attached hydrogens (primary N) is 1. The number of Topliss-reactive ketones (excluding diaryl/α,β-unsaturated/α-hetero) is 1. The second-order valence-corrected chi connectivity index (χ2v) is 14.1. The summed E-state index contributed by atoms with van der Waals surface area (Å²) >= 11 is 0. The Labute approximate surface area is 177 Å². The van der Waals surface area contributed by atoms with Crippen LogP contribution in [0.2, 0.25) is 18.1 Å². The van der Waals surface area contributed by atoms with E-state index >= 15 is 0 Å². The van der Waals surface area contributed by atoms with Crippen molar-refractivity contribution in [3.8, 4) is 0 Å². The van der Waals surface area contributed by atoms with Crippen LogP contribution in [0.15, 0.2) is 16.8 Å². The van der Waals surface area contributed by atoms with Crippen LogP contribution < -0.4 is 5.73 Å². The molecule has 0 amide bonds. The molecule has 0 radical (unpaired) electrons. The van der Waals surface area contributed by atoms with Gasteiger partial charge in [-0.2, -0.15) is 13.2 Å². The molecule has 0 atom stereocenters. The molecular formula is C20H33F3N2O4Si. The van der Waals surface area contributed by atoms with Gasteiger partial charge in [0.15, 0.2) is 19.8 Å². The van der Waals surface area contributed by atoms with Crippen LogP contribution in [0.1, 0.15) is 53.9 Å². The summed E-state index contributed by atoms with van der Waals surface area (Å²) in [5.74, 6) is -1.99. The normalized spacial score (nSPS) is 23.7. The summed E-state index contributed by atoms with van der Waals surface area (Å²) in [4.78, 5) is 27.5. The highest BCUT2D eigenvalue weighted by molar-refractivity contribution is 6.74. The maximum absolute atomic E-state index is 13.6. The number of hydrogen-bond acceptors (Lipinski definition) is 6. The number of rotatable bonds is 8. The first-order valence-electron chi connectivity index (χ1n) is 9.92. The first kappa shape index (κ1) is 26.4. The molecule has 6 nitrogen and oxygen atoms in total. The highest BCUT2D eigenvalue weighted by atomic mass is 28.4. The lowest BCUT2D eigenvalue weighted by molar-refractivity contribution is -0.145. The fourth-order valence-corrected chi connectivity index (χ4v) is 4.81. The van der Waals surface area contributed by atoms with Crippen molar-refractivity contribution in [2.75, 3.05) is 6.61 Å². The number of carbonyl (C=O) groups excluding carboxylic acids is 2. The molecule has 0 aliphatic heterocycles. The molecule has 0 aromatic carbocycles. The second-order valence-electron chi connectivity index (χ2n) is 9.34. The average molecular weight is 451 g/mol. The fraction of sp³-hybridized carbons (Fsp3) is 0.750. The smallest absolute Gasteiger partial charge is 0.433 e. The number of esters is 1. The average Bonchev–Trinajstić information content (AvgIpc) is 2.50. The molecule has 10 heteroatoms. The Morgan fingerprint density at radius 2 is 1.77 bits per heavy atom. The number of alkyl halides is 3. The van der Waals surface area contributed by atoms with E-state index in [2.05, 4.69) is 43.6 Å². The number of nitrogens with zero attached hydrogens (tertiary/aromatic N) is 1. The number of hydrogen-bond donors (Lipinski definition) is 1. The van der Waals surface area contributed by atoms with Crippen LogP contribution in [0.25, 0.3) is 0 Å². The van der Waals surface area contributed by atoms with E-state index in [-0.39, 0.29) is 11.6 Å². The largest absolute Gasteiger partial charge is 0.466 e. The topological polar surface area (TPSA) is 91.0 Å². The number of halogens is 3. The van der Waals surface area contributed by atoms with E-state index in [9.17, 15) is 22.8 Å². The monoisotopic (exact) mass is 450 g/mol. The van der Waals surface area contributed by atoms with Crippen molar-refractivity contribution in [2.24, 2.45) is 10.7 Å². The molecule has 1 fully saturated rings. The van der Waals surface area contributed by atoms with Gasteiger partial charge in [-0.3, -0.25) is 14.6 Å². The van der Waals surface area contributed by atoms with Crippen LogP contribution >= 0.6 is 0 Å². The summed E-state index contributed by atoms with van der Waals surface area (Å²) < 4.78 is 51.9. The van der Waals surface area contributed by atoms with E-state index in [0.717, 1.165) is 0 Å². The highest BCUT2D eigenvalue weighted by Gasteiger charge is 2.50. The second kappa shape index (κ2) is 9.21. The molecule has 1 saturated carbocycles. The summed E-state index contributed by atoms with van der Waals surface area (Å²) in [6, 6.07) is -0.651. The maximum atomic E-state index is 13.6. The molecule has 0 bridgehead atoms. The maximum Gasteiger partial charge on any atom is 0.433 e. The molecule has 0 heterocycles. The van der Waals surface area contributed by atoms with Gasteiger partial charge in [0.2, 0.25) is 0 Å². The van der Waals surface area contributed by atoms with Crippen molar-refractivity contribution < 1.29 is 31.9 Å². The lowest BCUT2D eigenvalue weighted by Crippen LogP contribution is -2.55. The Morgan fingerprint density at radius 1 is 1.23 bits per heavy atom. The molecule has 2 N–H and O–H groups in total. The first-order valence-corrected chi connectivity index (χ1v) is 12.8. The Kier molecular flexibility index (Phi) is 8.09. The van der Waals surface area contributed by atoms with Gasteiger partial charge < -0.3 is 14.9 Å². The third kappa shape index (κ3) is 6.66. The van der Waals surface area contributed by atoms with Crippen LogP contribution in [0.4, 0.5) is 13.2 Å². The number of allylic oxidation sites excluding steroid dienone is 1. The molecule has 0 aromatic heterocycles. The molecule has 1 aliphatic rings. The van der Waals surface area contributed by atoms with Crippen molar-refractivity contribution in [2.45, 2.75) is 89.8 Å². The van der Waals surface area contributed by atoms with E-state index in [1.54, 1.807) is 0 Å². The quantitative estimate of drug-likeness (QED) is 0.196. The van der Waals surface area contributed by atoms with Gasteiger partial charge >= 0.3 is 12.1 Å². The van der Waals surface area contributed by atoms with Crippen molar-refractivity contribution >= 4 is 25.8 Å². The van der Waals surface area contributed by atoms with Crippen LogP contribution in [0, 0.1) is 0 Å². The number of ketones is 1. The van der Waals surface area contributed by atoms with Gasteiger partial charge in [-0.1, -0.05) is 20.8 Å². The minimum Gasteiger partial charge on any atom is -0.466 e. The van der Waals surface area contributed by atoms with Crippen LogP contribution in [-0.2, 0) is 18.8 Å². The summed E-state index contributed by atoms with van der Waals surface area (Å²) in [6.45, 7) is 13.9. The van der Waals surface area contributed by atoms with Crippen LogP contribution in [-0.4, -0.2) is 50.2 Å². The lowest BCUT2D eigenvalue weighted by Gasteiger charge is -2.51. The minimum absolute atomic E-state index is 0.0168. The number of ether oxygens (including phenoxy) is 1. The predicted octanol–water partition coefficient (Wildman–Crippen LogP) is 4.30. The van der Waals surface area contributed by atoms with Gasteiger partial charge in [-0.15, -0.1) is 0 Å². The summed E-state index contributed by atoms with van der Waals surface area (Å²) in [6.07, 6.45) is -4.55. The van der Waals surface area contributed by atoms with Crippen molar-refractivity contribution in [3.05, 3.63) is 11.8 Å². The fourth-order valence-electron chi connectivity index (χ4n) is 3.10. The van der Waals surface area contributed by atoms with Gasteiger partial charge in [-0.05, 0) is 44.8 Å². The summed E-state index contributed by atoms with van der Waals surface area (Å²) in [5.41, 5.74) is 2.56. The molecule has 1 aliphatic carbocycles. The predicted molar refractivity (Wildman–Crippen MR) is 112 cm³/mol. The summed E-state index contributed by atoms with van der Waals surface area (Å²) in [7, 11) is -2.10. The first-order chi connectivity index (χ1) is 13.5. The van der Waals surface area contributed by atoms with Crippen molar-refractivity contribution in [3.63, 3.8) is 0 Å². The molecule has 0 unspecified atom stereocenters. The SMILES string of the molecule is CCOC(=O)CC(=O)C(=CN)C(=NC1CC(C)(O[Si](C)(C)C(C)(C)C)C1)C(F)(F)F. The van der Waals surface area contributed by atoms with Crippen LogP contribution in [0.5, 0.6) is 0 Å². The highest BCUT2D eigenvalue weighted by Crippen LogP contribution is 2.46. The van der Waals surface area contributed by atoms with Gasteiger partial charge in [0, 0.05) is 6.20 Å².